The monoisotopic (exact) mass is 407 g/mol. The van der Waals surface area contributed by atoms with Crippen molar-refractivity contribution < 1.29 is 23.5 Å². The number of ether oxygens (including phenoxy) is 2. The Bertz CT molecular complexity index is 1000. The quantitative estimate of drug-likeness (QED) is 0.473. The average Bonchev–Trinajstić information content (AvgIpc) is 3.05. The van der Waals surface area contributed by atoms with E-state index in [1.54, 1.807) is 26.8 Å². The van der Waals surface area contributed by atoms with Gasteiger partial charge in [-0.1, -0.05) is 11.6 Å². The first kappa shape index (κ1) is 20.2. The molecular weight excluding hydrogens is 386 g/mol. The summed E-state index contributed by atoms with van der Waals surface area (Å²) >= 11 is 6.28. The Labute approximate surface area is 166 Å². The van der Waals surface area contributed by atoms with E-state index in [1.165, 1.54) is 13.0 Å². The maximum absolute atomic E-state index is 12.3. The molecule has 1 heterocycles. The van der Waals surface area contributed by atoms with Crippen LogP contribution in [0.4, 0.5) is 4.79 Å². The number of halogens is 1. The van der Waals surface area contributed by atoms with Crippen molar-refractivity contribution in [1.29, 1.82) is 0 Å². The molecule has 0 radical (unpaired) electrons. The molecule has 1 N–H and O–H groups in total. The molecule has 0 aliphatic heterocycles. The van der Waals surface area contributed by atoms with E-state index in [-0.39, 0.29) is 16.4 Å². The summed E-state index contributed by atoms with van der Waals surface area (Å²) in [6.07, 6.45) is 1.63. The summed E-state index contributed by atoms with van der Waals surface area (Å²) in [7, 11) is 0. The first-order valence-corrected chi connectivity index (χ1v) is 9.42. The maximum Gasteiger partial charge on any atom is 0.408 e. The van der Waals surface area contributed by atoms with Crippen LogP contribution in [0.15, 0.2) is 21.3 Å². The zero-order valence-electron chi connectivity index (χ0n) is 16.2. The molecule has 1 atom stereocenters. The van der Waals surface area contributed by atoms with Crippen molar-refractivity contribution in [2.45, 2.75) is 58.6 Å². The fourth-order valence-electron chi connectivity index (χ4n) is 3.10. The molecule has 1 aliphatic rings. The van der Waals surface area contributed by atoms with Crippen LogP contribution in [0.1, 0.15) is 45.2 Å². The number of aryl methyl sites for hydroxylation is 1. The summed E-state index contributed by atoms with van der Waals surface area (Å²) in [5, 5.41) is 3.37. The lowest BCUT2D eigenvalue weighted by Crippen LogP contribution is -2.43. The fourth-order valence-corrected chi connectivity index (χ4v) is 3.30. The standard InChI is InChI=1S/C20H22ClNO6/c1-10(22-19(25)28-20(2,3)4)17(23)27-16-9-15-13(8-14(16)21)11-6-5-7-12(11)18(24)26-15/h8-10H,5-7H2,1-4H3,(H,22,25)/t10-/m0/s1. The Morgan fingerprint density at radius 3 is 2.57 bits per heavy atom. The molecule has 0 unspecified atom stereocenters. The van der Waals surface area contributed by atoms with Gasteiger partial charge < -0.3 is 19.2 Å². The van der Waals surface area contributed by atoms with Gasteiger partial charge in [0, 0.05) is 17.0 Å². The molecule has 0 spiro atoms. The van der Waals surface area contributed by atoms with Crippen molar-refractivity contribution in [2.75, 3.05) is 0 Å². The van der Waals surface area contributed by atoms with Gasteiger partial charge in [0.25, 0.3) is 0 Å². The molecule has 8 heteroatoms. The van der Waals surface area contributed by atoms with Crippen LogP contribution in [-0.4, -0.2) is 23.7 Å². The third-order valence-corrected chi connectivity index (χ3v) is 4.62. The first-order valence-electron chi connectivity index (χ1n) is 9.04. The van der Waals surface area contributed by atoms with E-state index in [2.05, 4.69) is 5.32 Å². The highest BCUT2D eigenvalue weighted by molar-refractivity contribution is 6.33. The minimum Gasteiger partial charge on any atom is -0.444 e. The molecule has 1 amide bonds. The summed E-state index contributed by atoms with van der Waals surface area (Å²) in [5.74, 6) is -0.672. The lowest BCUT2D eigenvalue weighted by molar-refractivity contribution is -0.136. The SMILES string of the molecule is C[C@H](NC(=O)OC(C)(C)C)C(=O)Oc1cc2oc(=O)c3c(c2cc1Cl)CCC3. The number of rotatable bonds is 3. The highest BCUT2D eigenvalue weighted by atomic mass is 35.5. The second kappa shape index (κ2) is 7.47. The van der Waals surface area contributed by atoms with E-state index in [1.807, 2.05) is 0 Å². The number of fused-ring (bicyclic) bond motifs is 3. The summed E-state index contributed by atoms with van der Waals surface area (Å²) in [5.41, 5.74) is 0.868. The van der Waals surface area contributed by atoms with Gasteiger partial charge in [-0.25, -0.2) is 14.4 Å². The highest BCUT2D eigenvalue weighted by Crippen LogP contribution is 2.34. The molecule has 0 bridgehead atoms. The summed E-state index contributed by atoms with van der Waals surface area (Å²) in [6.45, 7) is 6.62. The summed E-state index contributed by atoms with van der Waals surface area (Å²) < 4.78 is 15.8. The van der Waals surface area contributed by atoms with Crippen molar-refractivity contribution >= 4 is 34.6 Å². The molecule has 150 valence electrons. The van der Waals surface area contributed by atoms with Crippen LogP contribution < -0.4 is 15.7 Å². The van der Waals surface area contributed by atoms with E-state index in [0.29, 0.717) is 17.6 Å². The largest absolute Gasteiger partial charge is 0.444 e. The highest BCUT2D eigenvalue weighted by Gasteiger charge is 2.24. The van der Waals surface area contributed by atoms with E-state index in [4.69, 9.17) is 25.5 Å². The molecule has 0 saturated heterocycles. The number of benzene rings is 1. The van der Waals surface area contributed by atoms with Crippen LogP contribution >= 0.6 is 11.6 Å². The van der Waals surface area contributed by atoms with Crippen LogP contribution in [0, 0.1) is 0 Å². The summed E-state index contributed by atoms with van der Waals surface area (Å²) in [6, 6.07) is 2.10. The number of carbonyl (C=O) groups is 2. The van der Waals surface area contributed by atoms with E-state index in [9.17, 15) is 14.4 Å². The zero-order chi connectivity index (χ0) is 20.6. The Kier molecular flexibility index (Phi) is 5.39. The number of hydrogen-bond donors (Lipinski definition) is 1. The molecule has 3 rings (SSSR count). The van der Waals surface area contributed by atoms with Gasteiger partial charge in [0.1, 0.15) is 17.2 Å². The molecule has 1 aliphatic carbocycles. The molecule has 1 aromatic carbocycles. The van der Waals surface area contributed by atoms with Crippen LogP contribution in [0.25, 0.3) is 11.0 Å². The Morgan fingerprint density at radius 1 is 1.21 bits per heavy atom. The Hall–Kier alpha value is -2.54. The third kappa shape index (κ3) is 4.30. The van der Waals surface area contributed by atoms with E-state index >= 15 is 0 Å². The zero-order valence-corrected chi connectivity index (χ0v) is 16.9. The van der Waals surface area contributed by atoms with Crippen LogP contribution in [0.2, 0.25) is 5.02 Å². The fraction of sp³-hybridized carbons (Fsp3) is 0.450. The minimum absolute atomic E-state index is 0.0538. The number of nitrogens with one attached hydrogen (secondary N) is 1. The van der Waals surface area contributed by atoms with Gasteiger partial charge in [-0.2, -0.15) is 0 Å². The van der Waals surface area contributed by atoms with E-state index in [0.717, 1.165) is 23.8 Å². The lowest BCUT2D eigenvalue weighted by Gasteiger charge is -2.21. The Morgan fingerprint density at radius 2 is 1.89 bits per heavy atom. The number of alkyl carbamates (subject to hydrolysis) is 1. The topological polar surface area (TPSA) is 94.8 Å². The average molecular weight is 408 g/mol. The normalized spacial score (nSPS) is 14.5. The molecule has 0 saturated carbocycles. The predicted octanol–water partition coefficient (Wildman–Crippen LogP) is 3.75. The molecule has 2 aromatic rings. The number of carbonyl (C=O) groups excluding carboxylic acids is 2. The molecule has 1 aromatic heterocycles. The number of esters is 1. The van der Waals surface area contributed by atoms with Crippen molar-refractivity contribution in [2.24, 2.45) is 0 Å². The maximum atomic E-state index is 12.3. The predicted molar refractivity (Wildman–Crippen MR) is 104 cm³/mol. The van der Waals surface area contributed by atoms with E-state index < -0.39 is 23.7 Å². The van der Waals surface area contributed by atoms with Crippen molar-refractivity contribution in [3.63, 3.8) is 0 Å². The van der Waals surface area contributed by atoms with Crippen molar-refractivity contribution in [3.8, 4) is 5.75 Å². The lowest BCUT2D eigenvalue weighted by atomic mass is 10.1. The molecular formula is C20H22ClNO6. The minimum atomic E-state index is -0.964. The van der Waals surface area contributed by atoms with Crippen LogP contribution in [0.3, 0.4) is 0 Å². The smallest absolute Gasteiger partial charge is 0.408 e. The molecule has 7 nitrogen and oxygen atoms in total. The van der Waals surface area contributed by atoms with Gasteiger partial charge in [0.15, 0.2) is 5.75 Å². The van der Waals surface area contributed by atoms with Gasteiger partial charge in [-0.3, -0.25) is 0 Å². The van der Waals surface area contributed by atoms with Gasteiger partial charge in [-0.15, -0.1) is 0 Å². The number of amides is 1. The second-order valence-electron chi connectivity index (χ2n) is 7.77. The molecule has 28 heavy (non-hydrogen) atoms. The Balaban J connectivity index is 1.79. The summed E-state index contributed by atoms with van der Waals surface area (Å²) in [4.78, 5) is 36.2. The van der Waals surface area contributed by atoms with Gasteiger partial charge in [-0.05, 0) is 58.6 Å². The second-order valence-corrected chi connectivity index (χ2v) is 8.18. The van der Waals surface area contributed by atoms with Gasteiger partial charge >= 0.3 is 17.7 Å². The number of hydrogen-bond acceptors (Lipinski definition) is 6. The van der Waals surface area contributed by atoms with Gasteiger partial charge in [0.05, 0.1) is 5.02 Å². The first-order chi connectivity index (χ1) is 13.0. The molecule has 0 fully saturated rings. The third-order valence-electron chi connectivity index (χ3n) is 4.32. The van der Waals surface area contributed by atoms with Crippen molar-refractivity contribution in [1.82, 2.24) is 5.32 Å². The van der Waals surface area contributed by atoms with Crippen LogP contribution in [0.5, 0.6) is 5.75 Å². The van der Waals surface area contributed by atoms with Crippen LogP contribution in [-0.2, 0) is 22.4 Å². The van der Waals surface area contributed by atoms with Gasteiger partial charge in [0.2, 0.25) is 0 Å². The van der Waals surface area contributed by atoms with Crippen molar-refractivity contribution in [3.05, 3.63) is 38.7 Å².